The summed E-state index contributed by atoms with van der Waals surface area (Å²) in [4.78, 5) is 1.36. The average molecular weight is 519 g/mol. The number of allylic oxidation sites excluding steroid dienone is 3. The minimum Gasteiger partial charge on any atom is -0.135 e. The van der Waals surface area contributed by atoms with E-state index in [-0.39, 0.29) is 0 Å². The first kappa shape index (κ1) is 23.9. The van der Waals surface area contributed by atoms with Crippen LogP contribution >= 0.6 is 11.3 Å². The van der Waals surface area contributed by atoms with E-state index in [0.29, 0.717) is 5.92 Å². The van der Waals surface area contributed by atoms with Crippen LogP contribution in [0.1, 0.15) is 46.4 Å². The molecule has 1 aliphatic carbocycles. The van der Waals surface area contributed by atoms with Crippen LogP contribution in [-0.2, 0) is 0 Å². The Labute approximate surface area is 234 Å². The van der Waals surface area contributed by atoms with Gasteiger partial charge in [0, 0.05) is 20.5 Å². The van der Waals surface area contributed by atoms with Gasteiger partial charge in [0.25, 0.3) is 0 Å². The predicted molar refractivity (Wildman–Crippen MR) is 174 cm³/mol. The highest BCUT2D eigenvalue weighted by Gasteiger charge is 2.15. The van der Waals surface area contributed by atoms with E-state index in [1.807, 2.05) is 11.3 Å². The van der Waals surface area contributed by atoms with Crippen molar-refractivity contribution in [1.82, 2.24) is 0 Å². The number of rotatable bonds is 4. The smallest absolute Gasteiger partial charge is 0.0433 e. The topological polar surface area (TPSA) is 0 Å². The van der Waals surface area contributed by atoms with Gasteiger partial charge in [-0.3, -0.25) is 0 Å². The van der Waals surface area contributed by atoms with Gasteiger partial charge < -0.3 is 0 Å². The molecule has 0 nitrogen and oxygen atoms in total. The van der Waals surface area contributed by atoms with Crippen molar-refractivity contribution in [3.63, 3.8) is 0 Å². The molecule has 0 saturated carbocycles. The summed E-state index contributed by atoms with van der Waals surface area (Å²) in [6.45, 7) is 4.56. The fraction of sp³-hybridized carbons (Fsp3) is 0.105. The van der Waals surface area contributed by atoms with Gasteiger partial charge in [-0.25, -0.2) is 0 Å². The predicted octanol–water partition coefficient (Wildman–Crippen LogP) is 11.4. The second-order valence-electron chi connectivity index (χ2n) is 10.5. The van der Waals surface area contributed by atoms with Crippen molar-refractivity contribution in [3.05, 3.63) is 136 Å². The Balaban J connectivity index is 1.28. The van der Waals surface area contributed by atoms with E-state index in [2.05, 4.69) is 141 Å². The van der Waals surface area contributed by atoms with Gasteiger partial charge in [0.05, 0.1) is 0 Å². The Morgan fingerprint density at radius 3 is 2.26 bits per heavy atom. The molecule has 6 aromatic rings. The summed E-state index contributed by atoms with van der Waals surface area (Å²) in [7, 11) is 0. The average Bonchev–Trinajstić information content (AvgIpc) is 3.17. The van der Waals surface area contributed by atoms with Crippen LogP contribution in [0.25, 0.3) is 61.0 Å². The van der Waals surface area contributed by atoms with Gasteiger partial charge in [-0.2, -0.15) is 0 Å². The molecular formula is C38H30S. The van der Waals surface area contributed by atoms with Crippen LogP contribution in [0.15, 0.2) is 109 Å². The fourth-order valence-corrected chi connectivity index (χ4v) is 7.28. The molecule has 0 N–H and O–H groups in total. The first-order valence-corrected chi connectivity index (χ1v) is 14.6. The molecule has 1 heterocycles. The fourth-order valence-electron chi connectivity index (χ4n) is 6.02. The van der Waals surface area contributed by atoms with Gasteiger partial charge >= 0.3 is 0 Å². The molecule has 1 unspecified atom stereocenters. The number of aryl methyl sites for hydroxylation is 1. The third kappa shape index (κ3) is 4.15. The highest BCUT2D eigenvalue weighted by Crippen LogP contribution is 2.41. The molecular weight excluding hydrogens is 488 g/mol. The molecule has 0 aliphatic heterocycles. The Kier molecular flexibility index (Phi) is 6.02. The lowest BCUT2D eigenvalue weighted by Crippen LogP contribution is -1.92. The molecule has 0 amide bonds. The van der Waals surface area contributed by atoms with Crippen molar-refractivity contribution in [2.24, 2.45) is 0 Å². The minimum atomic E-state index is 0.291. The molecule has 7 rings (SSSR count). The number of hydrogen-bond acceptors (Lipinski definition) is 1. The first-order valence-electron chi connectivity index (χ1n) is 13.8. The van der Waals surface area contributed by atoms with Crippen LogP contribution in [0.5, 0.6) is 0 Å². The summed E-state index contributed by atoms with van der Waals surface area (Å²) < 4.78 is 1.37. The lowest BCUT2D eigenvalue weighted by atomic mass is 9.90. The summed E-state index contributed by atoms with van der Waals surface area (Å²) >= 11 is 1.91. The van der Waals surface area contributed by atoms with Crippen LogP contribution in [0.4, 0.5) is 0 Å². The van der Waals surface area contributed by atoms with Crippen molar-refractivity contribution in [2.45, 2.75) is 26.2 Å². The molecule has 0 saturated heterocycles. The van der Waals surface area contributed by atoms with E-state index in [1.165, 1.54) is 69.9 Å². The Bertz CT molecular complexity index is 1960. The lowest BCUT2D eigenvalue weighted by molar-refractivity contribution is 0.974. The monoisotopic (exact) mass is 518 g/mol. The zero-order chi connectivity index (χ0) is 26.3. The molecule has 1 heteroatoms. The van der Waals surface area contributed by atoms with Crippen molar-refractivity contribution >= 4 is 61.2 Å². The van der Waals surface area contributed by atoms with Crippen molar-refractivity contribution in [3.8, 4) is 11.1 Å². The molecule has 39 heavy (non-hydrogen) atoms. The lowest BCUT2D eigenvalue weighted by Gasteiger charge is -2.14. The van der Waals surface area contributed by atoms with Crippen LogP contribution in [0.3, 0.4) is 0 Å². The highest BCUT2D eigenvalue weighted by atomic mass is 32.1. The van der Waals surface area contributed by atoms with Crippen molar-refractivity contribution in [2.75, 3.05) is 0 Å². The van der Waals surface area contributed by atoms with E-state index in [4.69, 9.17) is 0 Å². The summed E-state index contributed by atoms with van der Waals surface area (Å²) in [5.74, 6) is 0.291. The normalized spacial score (nSPS) is 13.9. The van der Waals surface area contributed by atoms with Crippen LogP contribution in [-0.4, -0.2) is 0 Å². The van der Waals surface area contributed by atoms with Gasteiger partial charge in [0.2, 0.25) is 0 Å². The van der Waals surface area contributed by atoms with Gasteiger partial charge in [0.1, 0.15) is 0 Å². The second kappa shape index (κ2) is 9.84. The van der Waals surface area contributed by atoms with E-state index in [1.54, 1.807) is 0 Å². The maximum atomic E-state index is 2.38. The summed E-state index contributed by atoms with van der Waals surface area (Å²) in [5.41, 5.74) is 7.96. The van der Waals surface area contributed by atoms with Crippen LogP contribution in [0.2, 0.25) is 0 Å². The SMILES string of the molecule is Cc1c(/C=C\C(C)c2cccc(-c3cccc4c5c(sc34)C=CCC=C5)c2)c2ccccc2c2ccccc12. The molecule has 5 aromatic carbocycles. The molecule has 1 aliphatic rings. The third-order valence-electron chi connectivity index (χ3n) is 8.13. The summed E-state index contributed by atoms with van der Waals surface area (Å²) in [6.07, 6.45) is 14.8. The first-order chi connectivity index (χ1) is 19.2. The van der Waals surface area contributed by atoms with Crippen molar-refractivity contribution < 1.29 is 0 Å². The van der Waals surface area contributed by atoms with E-state index in [9.17, 15) is 0 Å². The summed E-state index contributed by atoms with van der Waals surface area (Å²) in [6, 6.07) is 33.4. The largest absolute Gasteiger partial charge is 0.135 e. The Morgan fingerprint density at radius 2 is 1.41 bits per heavy atom. The van der Waals surface area contributed by atoms with E-state index in [0.717, 1.165) is 6.42 Å². The standard InChI is InChI=1S/C38H30S/c1-25(22-23-30-26(2)29-14-6-7-15-32(29)34-17-9-8-16-33(30)34)27-12-10-13-28(24-27)31-19-11-20-36-35-18-4-3-5-21-37(35)39-38(31)36/h4-25H,3H2,1-2H3/b23-22-. The van der Waals surface area contributed by atoms with Gasteiger partial charge in [-0.15, -0.1) is 11.3 Å². The molecule has 0 bridgehead atoms. The molecule has 0 fully saturated rings. The molecule has 1 atom stereocenters. The number of thiophene rings is 1. The summed E-state index contributed by atoms with van der Waals surface area (Å²) in [5, 5.41) is 6.65. The third-order valence-corrected chi connectivity index (χ3v) is 9.35. The molecule has 0 spiro atoms. The second-order valence-corrected chi connectivity index (χ2v) is 11.6. The van der Waals surface area contributed by atoms with E-state index >= 15 is 0 Å². The van der Waals surface area contributed by atoms with Crippen molar-refractivity contribution in [1.29, 1.82) is 0 Å². The minimum absolute atomic E-state index is 0.291. The zero-order valence-electron chi connectivity index (χ0n) is 22.3. The van der Waals surface area contributed by atoms with Crippen LogP contribution < -0.4 is 0 Å². The quantitative estimate of drug-likeness (QED) is 0.204. The van der Waals surface area contributed by atoms with Gasteiger partial charge in [-0.1, -0.05) is 128 Å². The zero-order valence-corrected chi connectivity index (χ0v) is 23.1. The number of fused-ring (bicyclic) bond motifs is 6. The maximum absolute atomic E-state index is 2.38. The van der Waals surface area contributed by atoms with Crippen LogP contribution in [0, 0.1) is 6.92 Å². The Morgan fingerprint density at radius 1 is 0.718 bits per heavy atom. The van der Waals surface area contributed by atoms with Gasteiger partial charge in [-0.05, 0) is 74.7 Å². The molecule has 1 aromatic heterocycles. The highest BCUT2D eigenvalue weighted by molar-refractivity contribution is 7.20. The van der Waals surface area contributed by atoms with E-state index < -0.39 is 0 Å². The number of hydrogen-bond donors (Lipinski definition) is 0. The Hall–Kier alpha value is -4.20. The molecule has 188 valence electrons. The number of benzene rings is 5. The van der Waals surface area contributed by atoms with Gasteiger partial charge in [0.15, 0.2) is 0 Å². The maximum Gasteiger partial charge on any atom is 0.0433 e. The molecule has 0 radical (unpaired) electrons.